The van der Waals surface area contributed by atoms with Gasteiger partial charge in [-0.25, -0.2) is 8.42 Å². The van der Waals surface area contributed by atoms with Crippen LogP contribution in [0.1, 0.15) is 15.9 Å². The van der Waals surface area contributed by atoms with Crippen LogP contribution in [0.2, 0.25) is 0 Å². The molecule has 1 aliphatic heterocycles. The minimum absolute atomic E-state index is 0.000919. The van der Waals surface area contributed by atoms with Gasteiger partial charge in [0.05, 0.1) is 18.6 Å². The topological polar surface area (TPSA) is 128 Å². The van der Waals surface area contributed by atoms with Gasteiger partial charge in [-0.05, 0) is 42.0 Å². The first-order valence-corrected chi connectivity index (χ1v) is 12.5. The molecule has 0 spiro atoms. The number of halogens is 3. The Balaban J connectivity index is 1.74. The van der Waals surface area contributed by atoms with Gasteiger partial charge in [0.15, 0.2) is 16.2 Å². The number of amides is 2. The third-order valence-corrected chi connectivity index (χ3v) is 7.11. The number of anilines is 1. The second-order valence-corrected chi connectivity index (χ2v) is 10.3. The van der Waals surface area contributed by atoms with Crippen LogP contribution < -0.4 is 20.5 Å². The van der Waals surface area contributed by atoms with Gasteiger partial charge in [-0.3, -0.25) is 25.3 Å². The van der Waals surface area contributed by atoms with Crippen LogP contribution in [0.3, 0.4) is 0 Å². The number of carbonyl (C=O) groups is 2. The van der Waals surface area contributed by atoms with Crippen molar-refractivity contribution in [2.24, 2.45) is 0 Å². The predicted molar refractivity (Wildman–Crippen MR) is 124 cm³/mol. The Morgan fingerprint density at radius 2 is 1.64 bits per heavy atom. The third-order valence-electron chi connectivity index (χ3n) is 5.50. The molecule has 14 heteroatoms. The minimum atomic E-state index is -5.14. The number of hydrazine groups is 1. The van der Waals surface area contributed by atoms with Crippen LogP contribution in [-0.2, 0) is 21.2 Å². The summed E-state index contributed by atoms with van der Waals surface area (Å²) < 4.78 is 65.6. The van der Waals surface area contributed by atoms with E-state index in [-0.39, 0.29) is 36.7 Å². The maximum atomic E-state index is 12.3. The van der Waals surface area contributed by atoms with E-state index in [4.69, 9.17) is 4.74 Å². The molecule has 1 aliphatic rings. The van der Waals surface area contributed by atoms with Gasteiger partial charge >= 0.3 is 12.1 Å². The van der Waals surface area contributed by atoms with Crippen molar-refractivity contribution >= 4 is 27.3 Å². The number of hydrogen-bond acceptors (Lipinski definition) is 8. The van der Waals surface area contributed by atoms with E-state index in [1.807, 2.05) is 0 Å². The molecule has 0 saturated carbocycles. The highest BCUT2D eigenvalue weighted by Gasteiger charge is 2.39. The number of alkyl halides is 3. The Labute approximate surface area is 205 Å². The van der Waals surface area contributed by atoms with Crippen molar-refractivity contribution < 1.29 is 41.0 Å². The van der Waals surface area contributed by atoms with E-state index in [0.29, 0.717) is 17.0 Å². The third kappa shape index (κ3) is 7.08. The summed E-state index contributed by atoms with van der Waals surface area (Å²) in [6, 6.07) is 12.7. The summed E-state index contributed by atoms with van der Waals surface area (Å²) in [5.74, 6) is -2.79. The number of nitrogens with zero attached hydrogens (tertiary/aromatic N) is 2. The van der Waals surface area contributed by atoms with Crippen molar-refractivity contribution in [3.8, 4) is 5.75 Å². The second-order valence-electron chi connectivity index (χ2n) is 7.96. The predicted octanol–water partition coefficient (Wildman–Crippen LogP) is 1.03. The molecule has 36 heavy (non-hydrogen) atoms. The highest BCUT2D eigenvalue weighted by atomic mass is 32.2. The Hall–Kier alpha value is -3.36. The first kappa shape index (κ1) is 27.2. The molecule has 3 rings (SSSR count). The van der Waals surface area contributed by atoms with Crippen LogP contribution >= 0.6 is 0 Å². The summed E-state index contributed by atoms with van der Waals surface area (Å²) in [5.41, 5.74) is 4.25. The zero-order chi connectivity index (χ0) is 26.5. The lowest BCUT2D eigenvalue weighted by atomic mass is 10.1. The number of hydrogen-bond donors (Lipinski definition) is 3. The van der Waals surface area contributed by atoms with E-state index in [9.17, 15) is 36.3 Å². The summed E-state index contributed by atoms with van der Waals surface area (Å²) >= 11 is 0. The van der Waals surface area contributed by atoms with Crippen LogP contribution in [0.4, 0.5) is 18.9 Å². The van der Waals surface area contributed by atoms with E-state index in [1.54, 1.807) is 51.6 Å². The molecule has 1 saturated heterocycles. The fraction of sp³-hybridized carbons (Fsp3) is 0.364. The molecule has 1 fully saturated rings. The molecule has 10 nitrogen and oxygen atoms in total. The van der Waals surface area contributed by atoms with E-state index >= 15 is 0 Å². The Morgan fingerprint density at radius 3 is 2.17 bits per heavy atom. The highest BCUT2D eigenvalue weighted by Crippen LogP contribution is 2.25. The summed E-state index contributed by atoms with van der Waals surface area (Å²) in [7, 11) is -1.64. The summed E-state index contributed by atoms with van der Waals surface area (Å²) in [4.78, 5) is 26.2. The monoisotopic (exact) mass is 530 g/mol. The van der Waals surface area contributed by atoms with Gasteiger partial charge in [0.1, 0.15) is 5.75 Å². The number of aliphatic hydroxyl groups is 1. The lowest BCUT2D eigenvalue weighted by Gasteiger charge is -2.39. The zero-order valence-corrected chi connectivity index (χ0v) is 20.0. The van der Waals surface area contributed by atoms with Crippen LogP contribution in [0, 0.1) is 0 Å². The molecule has 1 heterocycles. The Bertz CT molecular complexity index is 1160. The number of aliphatic hydroxyl groups excluding tert-OH is 1. The molecule has 1 atom stereocenters. The number of rotatable bonds is 7. The number of nitrogens with one attached hydrogen (secondary N) is 2. The molecule has 196 valence electrons. The number of benzene rings is 2. The van der Waals surface area contributed by atoms with Gasteiger partial charge in [-0.2, -0.15) is 13.2 Å². The lowest BCUT2D eigenvalue weighted by Crippen LogP contribution is -2.53. The second kappa shape index (κ2) is 11.1. The average Bonchev–Trinajstić information content (AvgIpc) is 2.85. The Morgan fingerprint density at radius 1 is 1.06 bits per heavy atom. The maximum absolute atomic E-state index is 12.3. The van der Waals surface area contributed by atoms with E-state index in [1.165, 1.54) is 24.7 Å². The van der Waals surface area contributed by atoms with Crippen LogP contribution in [-0.4, -0.2) is 74.5 Å². The molecule has 3 N–H and O–H groups in total. The fourth-order valence-corrected chi connectivity index (χ4v) is 4.68. The fourth-order valence-electron chi connectivity index (χ4n) is 3.45. The van der Waals surface area contributed by atoms with Crippen molar-refractivity contribution in [1.29, 1.82) is 0 Å². The molecule has 0 bridgehead atoms. The minimum Gasteiger partial charge on any atom is -0.497 e. The van der Waals surface area contributed by atoms with Gasteiger partial charge in [0, 0.05) is 30.9 Å². The molecule has 0 aliphatic carbocycles. The van der Waals surface area contributed by atoms with Crippen molar-refractivity contribution in [3.05, 3.63) is 59.7 Å². The standard InChI is InChI=1S/C22H25F3N4O6S/c1-35-18-8-6-17(7-9-18)29(21(32)28-10-12-36(33,34)13-11-28)14-15-2-4-16(5-3-15)19(30)26-27-20(31)22(23,24)25/h2-9,21,32H,10-14H2,1H3,(H,26,30)(H,27,31). The normalized spacial score (nSPS) is 16.6. The number of ether oxygens (including phenoxy) is 1. The van der Waals surface area contributed by atoms with Gasteiger partial charge < -0.3 is 14.7 Å². The smallest absolute Gasteiger partial charge is 0.472 e. The Kier molecular flexibility index (Phi) is 8.43. The van der Waals surface area contributed by atoms with Crippen LogP contribution in [0.25, 0.3) is 0 Å². The zero-order valence-electron chi connectivity index (χ0n) is 19.2. The SMILES string of the molecule is COc1ccc(N(Cc2ccc(C(=O)NNC(=O)C(F)(F)F)cc2)C(O)N2CCS(=O)(=O)CC2)cc1. The van der Waals surface area contributed by atoms with E-state index in [2.05, 4.69) is 0 Å². The van der Waals surface area contributed by atoms with Crippen LogP contribution in [0.5, 0.6) is 5.75 Å². The summed E-state index contributed by atoms with van der Waals surface area (Å²) in [6.45, 7) is 0.460. The quantitative estimate of drug-likeness (QED) is 0.358. The molecule has 0 aromatic heterocycles. The largest absolute Gasteiger partial charge is 0.497 e. The first-order valence-electron chi connectivity index (χ1n) is 10.7. The molecular weight excluding hydrogens is 505 g/mol. The number of carbonyl (C=O) groups excluding carboxylic acids is 2. The molecule has 0 radical (unpaired) electrons. The van der Waals surface area contributed by atoms with Crippen molar-refractivity contribution in [3.63, 3.8) is 0 Å². The van der Waals surface area contributed by atoms with E-state index in [0.717, 1.165) is 0 Å². The maximum Gasteiger partial charge on any atom is 0.472 e. The number of methoxy groups -OCH3 is 1. The summed E-state index contributed by atoms with van der Waals surface area (Å²) in [6.07, 6.45) is -6.30. The number of sulfone groups is 1. The van der Waals surface area contributed by atoms with Crippen LogP contribution in [0.15, 0.2) is 48.5 Å². The molecule has 2 amide bonds. The van der Waals surface area contributed by atoms with Gasteiger partial charge in [0.25, 0.3) is 5.91 Å². The lowest BCUT2D eigenvalue weighted by molar-refractivity contribution is -0.174. The molecule has 2 aromatic rings. The van der Waals surface area contributed by atoms with Crippen molar-refractivity contribution in [2.45, 2.75) is 19.1 Å². The van der Waals surface area contributed by atoms with Crippen molar-refractivity contribution in [1.82, 2.24) is 15.8 Å². The first-order chi connectivity index (χ1) is 16.9. The molecule has 1 unspecified atom stereocenters. The van der Waals surface area contributed by atoms with Gasteiger partial charge in [-0.15, -0.1) is 0 Å². The summed E-state index contributed by atoms with van der Waals surface area (Å²) in [5, 5.41) is 11.1. The molecular formula is C22H25F3N4O6S. The highest BCUT2D eigenvalue weighted by molar-refractivity contribution is 7.91. The average molecular weight is 531 g/mol. The van der Waals surface area contributed by atoms with Gasteiger partial charge in [-0.1, -0.05) is 12.1 Å². The van der Waals surface area contributed by atoms with E-state index < -0.39 is 34.2 Å². The molecule has 2 aromatic carbocycles. The van der Waals surface area contributed by atoms with Crippen molar-refractivity contribution in [2.75, 3.05) is 36.6 Å². The van der Waals surface area contributed by atoms with Gasteiger partial charge in [0.2, 0.25) is 0 Å².